The van der Waals surface area contributed by atoms with Crippen molar-refractivity contribution in [2.75, 3.05) is 13.2 Å². The lowest BCUT2D eigenvalue weighted by Crippen LogP contribution is -2.45. The quantitative estimate of drug-likeness (QED) is 0.709. The Hall–Kier alpha value is -1.49. The van der Waals surface area contributed by atoms with Gasteiger partial charge in [0.1, 0.15) is 5.75 Å². The Morgan fingerprint density at radius 3 is 2.89 bits per heavy atom. The second-order valence-corrected chi connectivity index (χ2v) is 9.46. The third kappa shape index (κ3) is 4.50. The Labute approximate surface area is 167 Å². The number of thioether (sulfide) groups is 1. The summed E-state index contributed by atoms with van der Waals surface area (Å²) < 4.78 is 5.98. The first-order valence-electron chi connectivity index (χ1n) is 10.2. The van der Waals surface area contributed by atoms with Gasteiger partial charge in [0.15, 0.2) is 0 Å². The molecule has 0 spiro atoms. The molecule has 1 fully saturated rings. The van der Waals surface area contributed by atoms with E-state index in [-0.39, 0.29) is 0 Å². The number of ether oxygens (including phenoxy) is 1. The second-order valence-electron chi connectivity index (χ2n) is 7.81. The van der Waals surface area contributed by atoms with Gasteiger partial charge in [-0.05, 0) is 42.6 Å². The zero-order valence-electron chi connectivity index (χ0n) is 16.3. The smallest absolute Gasteiger partial charge is 0.127 e. The van der Waals surface area contributed by atoms with Crippen LogP contribution in [0.25, 0.3) is 0 Å². The summed E-state index contributed by atoms with van der Waals surface area (Å²) in [7, 11) is 0. The number of rotatable bonds is 6. The van der Waals surface area contributed by atoms with E-state index in [1.54, 1.807) is 0 Å². The lowest BCUT2D eigenvalue weighted by molar-refractivity contribution is 0.301. The van der Waals surface area contributed by atoms with Crippen molar-refractivity contribution >= 4 is 11.8 Å². The average Bonchev–Trinajstić information content (AvgIpc) is 3.15. The standard InChI is InChI=1S/C23H30N2OS/c1-16(2)27-20-13-18-10-12-26-23(18)19(14-20)15-25-21-9-6-11-24-22(21)17-7-4-3-5-8-17/h3-5,7-8,13-14,16,21-22,24-25H,6,9-12,15H2,1-2H3/t21-,22-/m0/s1. The fourth-order valence-corrected chi connectivity index (χ4v) is 5.15. The van der Waals surface area contributed by atoms with Crippen LogP contribution in [0.4, 0.5) is 0 Å². The van der Waals surface area contributed by atoms with Crippen LogP contribution < -0.4 is 15.4 Å². The molecule has 2 atom stereocenters. The Balaban J connectivity index is 1.51. The zero-order chi connectivity index (χ0) is 18.6. The lowest BCUT2D eigenvalue weighted by Gasteiger charge is -2.34. The molecular weight excluding hydrogens is 352 g/mol. The van der Waals surface area contributed by atoms with Crippen LogP contribution in [0.1, 0.15) is 49.4 Å². The van der Waals surface area contributed by atoms with Crippen molar-refractivity contribution in [2.24, 2.45) is 0 Å². The summed E-state index contributed by atoms with van der Waals surface area (Å²) in [5.41, 5.74) is 4.06. The minimum absolute atomic E-state index is 0.377. The van der Waals surface area contributed by atoms with E-state index < -0.39 is 0 Å². The first kappa shape index (κ1) is 18.9. The van der Waals surface area contributed by atoms with Crippen LogP contribution in [0, 0.1) is 0 Å². The van der Waals surface area contributed by atoms with Crippen LogP contribution in [0.2, 0.25) is 0 Å². The molecule has 2 aliphatic heterocycles. The molecule has 2 aromatic carbocycles. The van der Waals surface area contributed by atoms with Crippen LogP contribution in [-0.4, -0.2) is 24.4 Å². The summed E-state index contributed by atoms with van der Waals surface area (Å²) in [5, 5.41) is 8.15. The first-order valence-corrected chi connectivity index (χ1v) is 11.1. The van der Waals surface area contributed by atoms with Gasteiger partial charge in [-0.15, -0.1) is 11.8 Å². The van der Waals surface area contributed by atoms with Crippen molar-refractivity contribution in [2.45, 2.75) is 61.9 Å². The van der Waals surface area contributed by atoms with Gasteiger partial charge in [-0.25, -0.2) is 0 Å². The van der Waals surface area contributed by atoms with E-state index in [0.29, 0.717) is 17.3 Å². The van der Waals surface area contributed by atoms with Gasteiger partial charge in [0.25, 0.3) is 0 Å². The summed E-state index contributed by atoms with van der Waals surface area (Å²) in [6.45, 7) is 7.28. The van der Waals surface area contributed by atoms with Gasteiger partial charge in [0, 0.05) is 40.8 Å². The molecule has 2 N–H and O–H groups in total. The fourth-order valence-electron chi connectivity index (χ4n) is 4.19. The molecule has 2 aliphatic rings. The minimum atomic E-state index is 0.377. The molecular formula is C23H30N2OS. The van der Waals surface area contributed by atoms with Gasteiger partial charge in [0.2, 0.25) is 0 Å². The molecule has 0 radical (unpaired) electrons. The van der Waals surface area contributed by atoms with E-state index in [0.717, 1.165) is 31.9 Å². The molecule has 144 valence electrons. The maximum Gasteiger partial charge on any atom is 0.127 e. The summed E-state index contributed by atoms with van der Waals surface area (Å²) >= 11 is 1.94. The third-order valence-corrected chi connectivity index (χ3v) is 6.36. The number of hydrogen-bond donors (Lipinski definition) is 2. The molecule has 0 saturated carbocycles. The highest BCUT2D eigenvalue weighted by Crippen LogP contribution is 2.36. The minimum Gasteiger partial charge on any atom is -0.493 e. The van der Waals surface area contributed by atoms with Gasteiger partial charge in [0.05, 0.1) is 6.61 Å². The molecule has 0 aromatic heterocycles. The number of piperidine rings is 1. The van der Waals surface area contributed by atoms with Crippen molar-refractivity contribution in [3.63, 3.8) is 0 Å². The van der Waals surface area contributed by atoms with Crippen molar-refractivity contribution in [1.82, 2.24) is 10.6 Å². The number of nitrogens with one attached hydrogen (secondary N) is 2. The average molecular weight is 383 g/mol. The molecule has 2 heterocycles. The van der Waals surface area contributed by atoms with Crippen molar-refractivity contribution in [1.29, 1.82) is 0 Å². The normalized spacial score (nSPS) is 21.9. The van der Waals surface area contributed by atoms with Crippen LogP contribution in [0.5, 0.6) is 5.75 Å². The topological polar surface area (TPSA) is 33.3 Å². The summed E-state index contributed by atoms with van der Waals surface area (Å²) in [5.74, 6) is 1.12. The summed E-state index contributed by atoms with van der Waals surface area (Å²) in [6, 6.07) is 16.3. The third-order valence-electron chi connectivity index (χ3n) is 5.38. The predicted molar refractivity (Wildman–Crippen MR) is 114 cm³/mol. The van der Waals surface area contributed by atoms with E-state index >= 15 is 0 Å². The molecule has 4 heteroatoms. The summed E-state index contributed by atoms with van der Waals surface area (Å²) in [4.78, 5) is 1.37. The van der Waals surface area contributed by atoms with E-state index in [4.69, 9.17) is 4.74 Å². The Morgan fingerprint density at radius 1 is 1.22 bits per heavy atom. The van der Waals surface area contributed by atoms with E-state index in [1.165, 1.54) is 34.4 Å². The number of benzene rings is 2. The molecule has 4 rings (SSSR count). The second kappa shape index (κ2) is 8.68. The molecule has 0 unspecified atom stereocenters. The Morgan fingerprint density at radius 2 is 2.07 bits per heavy atom. The molecule has 0 bridgehead atoms. The van der Waals surface area contributed by atoms with E-state index in [1.807, 2.05) is 11.8 Å². The lowest BCUT2D eigenvalue weighted by atomic mass is 9.92. The van der Waals surface area contributed by atoms with Crippen LogP contribution in [-0.2, 0) is 13.0 Å². The van der Waals surface area contributed by atoms with Gasteiger partial charge >= 0.3 is 0 Å². The van der Waals surface area contributed by atoms with Gasteiger partial charge in [-0.2, -0.15) is 0 Å². The predicted octanol–water partition coefficient (Wildman–Crippen LogP) is 4.70. The molecule has 0 aliphatic carbocycles. The van der Waals surface area contributed by atoms with Gasteiger partial charge in [-0.1, -0.05) is 44.2 Å². The monoisotopic (exact) mass is 382 g/mol. The Kier molecular flexibility index (Phi) is 6.06. The van der Waals surface area contributed by atoms with Gasteiger partial charge in [-0.3, -0.25) is 0 Å². The van der Waals surface area contributed by atoms with Crippen molar-refractivity contribution in [3.8, 4) is 5.75 Å². The largest absolute Gasteiger partial charge is 0.493 e. The highest BCUT2D eigenvalue weighted by atomic mass is 32.2. The van der Waals surface area contributed by atoms with Crippen molar-refractivity contribution in [3.05, 3.63) is 59.2 Å². The molecule has 1 saturated heterocycles. The Bertz CT molecular complexity index is 762. The molecule has 27 heavy (non-hydrogen) atoms. The summed E-state index contributed by atoms with van der Waals surface area (Å²) in [6.07, 6.45) is 3.46. The van der Waals surface area contributed by atoms with Crippen LogP contribution in [0.15, 0.2) is 47.4 Å². The van der Waals surface area contributed by atoms with Crippen LogP contribution >= 0.6 is 11.8 Å². The maximum absolute atomic E-state index is 5.98. The first-order chi connectivity index (χ1) is 13.2. The number of hydrogen-bond acceptors (Lipinski definition) is 4. The van der Waals surface area contributed by atoms with Gasteiger partial charge < -0.3 is 15.4 Å². The highest BCUT2D eigenvalue weighted by molar-refractivity contribution is 7.99. The molecule has 3 nitrogen and oxygen atoms in total. The fraction of sp³-hybridized carbons (Fsp3) is 0.478. The maximum atomic E-state index is 5.98. The molecule has 0 amide bonds. The SMILES string of the molecule is CC(C)Sc1cc2c(c(CN[C@H]3CCCN[C@H]3c3ccccc3)c1)OCC2. The molecule has 2 aromatic rings. The number of fused-ring (bicyclic) bond motifs is 1. The van der Waals surface area contributed by atoms with Crippen molar-refractivity contribution < 1.29 is 4.74 Å². The zero-order valence-corrected chi connectivity index (χ0v) is 17.1. The van der Waals surface area contributed by atoms with Crippen LogP contribution in [0.3, 0.4) is 0 Å². The van der Waals surface area contributed by atoms with E-state index in [9.17, 15) is 0 Å². The van der Waals surface area contributed by atoms with E-state index in [2.05, 4.69) is 66.9 Å². The highest BCUT2D eigenvalue weighted by Gasteiger charge is 2.26.